The van der Waals surface area contributed by atoms with E-state index in [0.29, 0.717) is 17.3 Å². The predicted octanol–water partition coefficient (Wildman–Crippen LogP) is 4.68. The summed E-state index contributed by atoms with van der Waals surface area (Å²) in [4.78, 5) is 14.1. The minimum Gasteiger partial charge on any atom is -0.465 e. The second-order valence-electron chi connectivity index (χ2n) is 6.08. The Morgan fingerprint density at radius 2 is 2.08 bits per heavy atom. The number of nitrogens with zero attached hydrogens (tertiary/aromatic N) is 2. The lowest BCUT2D eigenvalue weighted by Crippen LogP contribution is -2.19. The van der Waals surface area contributed by atoms with Gasteiger partial charge in [0.25, 0.3) is 0 Å². The van der Waals surface area contributed by atoms with E-state index in [1.54, 1.807) is 18.7 Å². The number of halogens is 1. The molecule has 138 valence electrons. The number of oxime groups is 1. The number of rotatable bonds is 5. The van der Waals surface area contributed by atoms with E-state index in [1.807, 2.05) is 35.8 Å². The van der Waals surface area contributed by atoms with Crippen molar-refractivity contribution in [2.45, 2.75) is 49.4 Å². The number of esters is 1. The minimum atomic E-state index is -0.260. The van der Waals surface area contributed by atoms with Crippen LogP contribution >= 0.6 is 23.4 Å². The molecule has 1 aliphatic carbocycles. The average Bonchev–Trinajstić information content (AvgIpc) is 2.89. The van der Waals surface area contributed by atoms with Crippen LogP contribution in [0.15, 0.2) is 39.2 Å². The van der Waals surface area contributed by atoms with Crippen molar-refractivity contribution in [3.05, 3.63) is 46.2 Å². The van der Waals surface area contributed by atoms with Gasteiger partial charge in [0.2, 0.25) is 0 Å². The molecule has 0 radical (unpaired) electrons. The Morgan fingerprint density at radius 1 is 1.35 bits per heavy atom. The van der Waals surface area contributed by atoms with E-state index in [4.69, 9.17) is 16.3 Å². The molecule has 2 aromatic rings. The predicted molar refractivity (Wildman–Crippen MR) is 103 cm³/mol. The summed E-state index contributed by atoms with van der Waals surface area (Å²) in [5, 5.41) is 13.7. The SMILES string of the molecule is CCOC(=O)Cn1c(C)c(Sc2ccc(Cl)cc2)c2c1CCCC2=NO. The van der Waals surface area contributed by atoms with Gasteiger partial charge in [0.1, 0.15) is 6.54 Å². The Bertz CT molecular complexity index is 843. The number of carbonyl (C=O) groups is 1. The highest BCUT2D eigenvalue weighted by atomic mass is 35.5. The molecule has 1 heterocycles. The summed E-state index contributed by atoms with van der Waals surface area (Å²) in [6.07, 6.45) is 2.46. The van der Waals surface area contributed by atoms with Crippen LogP contribution in [0.3, 0.4) is 0 Å². The van der Waals surface area contributed by atoms with Crippen LogP contribution in [0, 0.1) is 6.92 Å². The summed E-state index contributed by atoms with van der Waals surface area (Å²) in [7, 11) is 0. The van der Waals surface area contributed by atoms with Crippen molar-refractivity contribution in [2.75, 3.05) is 6.61 Å². The minimum absolute atomic E-state index is 0.169. The lowest BCUT2D eigenvalue weighted by molar-refractivity contribution is -0.143. The number of ether oxygens (including phenoxy) is 1. The molecule has 1 aromatic heterocycles. The molecule has 0 bridgehead atoms. The van der Waals surface area contributed by atoms with E-state index in [2.05, 4.69) is 5.16 Å². The molecule has 1 aromatic carbocycles. The van der Waals surface area contributed by atoms with Crippen LogP contribution in [0.4, 0.5) is 0 Å². The van der Waals surface area contributed by atoms with Crippen molar-refractivity contribution in [1.29, 1.82) is 0 Å². The Labute approximate surface area is 162 Å². The number of hydrogen-bond donors (Lipinski definition) is 1. The van der Waals surface area contributed by atoms with Gasteiger partial charge in [-0.15, -0.1) is 0 Å². The molecule has 0 fully saturated rings. The standard InChI is InChI=1S/C19H21ClN2O3S/c1-3-25-17(23)11-22-12(2)19(26-14-9-7-13(20)8-10-14)18-15(21-24)5-4-6-16(18)22/h7-10,24H,3-6,11H2,1-2H3. The van der Waals surface area contributed by atoms with E-state index in [9.17, 15) is 10.0 Å². The van der Waals surface area contributed by atoms with E-state index in [0.717, 1.165) is 46.0 Å². The van der Waals surface area contributed by atoms with E-state index >= 15 is 0 Å². The number of carbonyl (C=O) groups excluding carboxylic acids is 1. The molecule has 7 heteroatoms. The molecule has 26 heavy (non-hydrogen) atoms. The molecule has 5 nitrogen and oxygen atoms in total. The highest BCUT2D eigenvalue weighted by Gasteiger charge is 2.28. The Balaban J connectivity index is 2.06. The fraction of sp³-hybridized carbons (Fsp3) is 0.368. The van der Waals surface area contributed by atoms with Crippen molar-refractivity contribution < 1.29 is 14.7 Å². The third-order valence-electron chi connectivity index (χ3n) is 4.44. The summed E-state index contributed by atoms with van der Waals surface area (Å²) in [6.45, 7) is 4.32. The van der Waals surface area contributed by atoms with Gasteiger partial charge in [-0.1, -0.05) is 28.5 Å². The van der Waals surface area contributed by atoms with Gasteiger partial charge >= 0.3 is 5.97 Å². The lowest BCUT2D eigenvalue weighted by atomic mass is 9.96. The molecule has 0 amide bonds. The Morgan fingerprint density at radius 3 is 2.73 bits per heavy atom. The Kier molecular flexibility index (Phi) is 5.94. The van der Waals surface area contributed by atoms with Crippen LogP contribution in [0.25, 0.3) is 0 Å². The molecule has 0 unspecified atom stereocenters. The van der Waals surface area contributed by atoms with E-state index in [-0.39, 0.29) is 12.5 Å². The van der Waals surface area contributed by atoms with Gasteiger partial charge in [-0.2, -0.15) is 0 Å². The summed E-state index contributed by atoms with van der Waals surface area (Å²) in [6, 6.07) is 7.62. The highest BCUT2D eigenvalue weighted by molar-refractivity contribution is 7.99. The molecule has 0 saturated carbocycles. The molecule has 0 spiro atoms. The maximum atomic E-state index is 12.1. The molecular formula is C19H21ClN2O3S. The second-order valence-corrected chi connectivity index (χ2v) is 7.60. The summed E-state index contributed by atoms with van der Waals surface area (Å²) < 4.78 is 7.12. The number of benzene rings is 1. The first-order valence-electron chi connectivity index (χ1n) is 8.57. The first-order chi connectivity index (χ1) is 12.5. The largest absolute Gasteiger partial charge is 0.465 e. The molecule has 0 saturated heterocycles. The van der Waals surface area contributed by atoms with Crippen molar-refractivity contribution >= 4 is 35.0 Å². The zero-order chi connectivity index (χ0) is 18.7. The fourth-order valence-corrected chi connectivity index (χ4v) is 4.50. The summed E-state index contributed by atoms with van der Waals surface area (Å²) in [5.74, 6) is -0.260. The normalized spacial score (nSPS) is 15.1. The summed E-state index contributed by atoms with van der Waals surface area (Å²) in [5.41, 5.74) is 3.63. The topological polar surface area (TPSA) is 63.8 Å². The van der Waals surface area contributed by atoms with Crippen molar-refractivity contribution in [3.63, 3.8) is 0 Å². The van der Waals surface area contributed by atoms with E-state index < -0.39 is 0 Å². The quantitative estimate of drug-likeness (QED) is 0.456. The first-order valence-corrected chi connectivity index (χ1v) is 9.76. The smallest absolute Gasteiger partial charge is 0.325 e. The summed E-state index contributed by atoms with van der Waals surface area (Å²) >= 11 is 7.58. The second kappa shape index (κ2) is 8.18. The van der Waals surface area contributed by atoms with Crippen LogP contribution in [0.5, 0.6) is 0 Å². The lowest BCUT2D eigenvalue weighted by Gasteiger charge is -2.17. The zero-order valence-corrected chi connectivity index (χ0v) is 16.4. The van der Waals surface area contributed by atoms with Crippen molar-refractivity contribution in [3.8, 4) is 0 Å². The third-order valence-corrected chi connectivity index (χ3v) is 5.90. The van der Waals surface area contributed by atoms with Crippen LogP contribution in [-0.2, 0) is 22.5 Å². The van der Waals surface area contributed by atoms with Gasteiger partial charge in [-0.25, -0.2) is 0 Å². The molecule has 0 aliphatic heterocycles. The fourth-order valence-electron chi connectivity index (χ4n) is 3.27. The molecule has 3 rings (SSSR count). The van der Waals surface area contributed by atoms with Gasteiger partial charge in [0.05, 0.1) is 12.3 Å². The van der Waals surface area contributed by atoms with Crippen LogP contribution < -0.4 is 0 Å². The maximum Gasteiger partial charge on any atom is 0.325 e. The van der Waals surface area contributed by atoms with Gasteiger partial charge in [-0.3, -0.25) is 4.79 Å². The number of hydrogen-bond acceptors (Lipinski definition) is 5. The van der Waals surface area contributed by atoms with Gasteiger partial charge in [0, 0.05) is 31.8 Å². The van der Waals surface area contributed by atoms with Gasteiger partial charge < -0.3 is 14.5 Å². The maximum absolute atomic E-state index is 12.1. The van der Waals surface area contributed by atoms with Gasteiger partial charge in [-0.05, 0) is 57.4 Å². The Hall–Kier alpha value is -1.92. The van der Waals surface area contributed by atoms with E-state index in [1.165, 1.54) is 0 Å². The number of fused-ring (bicyclic) bond motifs is 1. The van der Waals surface area contributed by atoms with Crippen molar-refractivity contribution in [1.82, 2.24) is 4.57 Å². The molecule has 0 atom stereocenters. The van der Waals surface area contributed by atoms with Crippen LogP contribution in [-0.4, -0.2) is 28.1 Å². The first kappa shape index (κ1) is 18.9. The van der Waals surface area contributed by atoms with Crippen LogP contribution in [0.1, 0.15) is 36.7 Å². The molecule has 1 N–H and O–H groups in total. The third kappa shape index (κ3) is 3.76. The molecular weight excluding hydrogens is 372 g/mol. The molecule has 1 aliphatic rings. The average molecular weight is 393 g/mol. The van der Waals surface area contributed by atoms with Gasteiger partial charge in [0.15, 0.2) is 0 Å². The number of aromatic nitrogens is 1. The highest BCUT2D eigenvalue weighted by Crippen LogP contribution is 2.40. The monoisotopic (exact) mass is 392 g/mol. The zero-order valence-electron chi connectivity index (χ0n) is 14.8. The van der Waals surface area contributed by atoms with Crippen molar-refractivity contribution in [2.24, 2.45) is 5.16 Å². The van der Waals surface area contributed by atoms with Crippen LogP contribution in [0.2, 0.25) is 5.02 Å².